The quantitative estimate of drug-likeness (QED) is 0.843. The second kappa shape index (κ2) is 5.99. The Bertz CT molecular complexity index is 692. The highest BCUT2D eigenvalue weighted by atomic mass is 16.2. The summed E-state index contributed by atoms with van der Waals surface area (Å²) in [6.45, 7) is 1.64. The second-order valence-electron chi connectivity index (χ2n) is 6.20. The zero-order valence-electron chi connectivity index (χ0n) is 13.1. The number of anilines is 1. The molecule has 0 aromatic heterocycles. The van der Waals surface area contributed by atoms with Gasteiger partial charge in [0.1, 0.15) is 6.04 Å². The smallest absolute Gasteiger partial charge is 0.249 e. The Balaban J connectivity index is 1.58. The summed E-state index contributed by atoms with van der Waals surface area (Å²) in [5.74, 6) is 0.195. The van der Waals surface area contributed by atoms with Gasteiger partial charge in [-0.1, -0.05) is 18.2 Å². The number of benzene rings is 1. The first-order valence-corrected chi connectivity index (χ1v) is 8.27. The first-order chi connectivity index (χ1) is 11.3. The maximum absolute atomic E-state index is 13.1. The molecule has 4 rings (SSSR count). The number of carbonyl (C=O) groups is 1. The molecule has 1 aromatic carbocycles. The minimum Gasteiger partial charge on any atom is -0.360 e. The minimum atomic E-state index is -0.0696. The van der Waals surface area contributed by atoms with Gasteiger partial charge in [0.2, 0.25) is 5.91 Å². The van der Waals surface area contributed by atoms with Gasteiger partial charge in [0.25, 0.3) is 0 Å². The average molecular weight is 308 g/mol. The summed E-state index contributed by atoms with van der Waals surface area (Å²) in [4.78, 5) is 17.2. The summed E-state index contributed by atoms with van der Waals surface area (Å²) >= 11 is 0. The van der Waals surface area contributed by atoms with Gasteiger partial charge in [0, 0.05) is 37.0 Å². The van der Waals surface area contributed by atoms with Crippen LogP contribution >= 0.6 is 0 Å². The number of hydrogen-bond donors (Lipinski definition) is 0. The molecule has 0 spiro atoms. The minimum absolute atomic E-state index is 0.0696. The highest BCUT2D eigenvalue weighted by Crippen LogP contribution is 2.27. The lowest BCUT2D eigenvalue weighted by atomic mass is 9.98. The number of rotatable bonds is 2. The topological polar surface area (TPSA) is 48.3 Å². The number of para-hydroxylation sites is 1. The molecular formula is C18H20N4O. The number of allylic oxidation sites excluding steroid dienone is 1. The fraction of sp³-hybridized carbons (Fsp3) is 0.389. The molecule has 0 N–H and O–H groups in total. The van der Waals surface area contributed by atoms with E-state index >= 15 is 0 Å². The van der Waals surface area contributed by atoms with Gasteiger partial charge in [-0.25, -0.2) is 0 Å². The SMILES string of the molecule is O=C(C1CCCCN1c1ccccc1)N1C=C2C=NN=C2CC1. The van der Waals surface area contributed by atoms with Gasteiger partial charge in [-0.2, -0.15) is 10.2 Å². The molecule has 3 aliphatic rings. The fourth-order valence-corrected chi connectivity index (χ4v) is 3.54. The highest BCUT2D eigenvalue weighted by molar-refractivity contribution is 6.19. The lowest BCUT2D eigenvalue weighted by Crippen LogP contribution is -2.51. The van der Waals surface area contributed by atoms with Gasteiger partial charge in [-0.3, -0.25) is 4.79 Å². The van der Waals surface area contributed by atoms with Crippen LogP contribution in [0.3, 0.4) is 0 Å². The van der Waals surface area contributed by atoms with Crippen molar-refractivity contribution in [3.05, 3.63) is 42.1 Å². The van der Waals surface area contributed by atoms with Crippen molar-refractivity contribution in [2.75, 3.05) is 18.0 Å². The average Bonchev–Trinajstić information content (AvgIpc) is 3.09. The van der Waals surface area contributed by atoms with E-state index in [0.29, 0.717) is 6.54 Å². The van der Waals surface area contributed by atoms with E-state index < -0.39 is 0 Å². The van der Waals surface area contributed by atoms with Crippen LogP contribution in [0.5, 0.6) is 0 Å². The molecule has 0 bridgehead atoms. The van der Waals surface area contributed by atoms with Crippen LogP contribution in [0.25, 0.3) is 0 Å². The Kier molecular flexibility index (Phi) is 3.69. The molecule has 0 radical (unpaired) electrons. The summed E-state index contributed by atoms with van der Waals surface area (Å²) < 4.78 is 0. The van der Waals surface area contributed by atoms with Gasteiger partial charge in [-0.05, 0) is 31.4 Å². The first kappa shape index (κ1) is 14.2. The van der Waals surface area contributed by atoms with Crippen LogP contribution < -0.4 is 4.90 Å². The van der Waals surface area contributed by atoms with Crippen molar-refractivity contribution in [1.29, 1.82) is 0 Å². The van der Waals surface area contributed by atoms with Crippen molar-refractivity contribution in [1.82, 2.24) is 4.90 Å². The van der Waals surface area contributed by atoms with Crippen molar-refractivity contribution in [2.24, 2.45) is 10.2 Å². The van der Waals surface area contributed by atoms with E-state index in [1.54, 1.807) is 6.21 Å². The molecule has 3 aliphatic heterocycles. The summed E-state index contributed by atoms with van der Waals surface area (Å²) in [5, 5.41) is 8.04. The van der Waals surface area contributed by atoms with Crippen LogP contribution in [0, 0.1) is 0 Å². The molecule has 1 fully saturated rings. The van der Waals surface area contributed by atoms with Gasteiger partial charge >= 0.3 is 0 Å². The second-order valence-corrected chi connectivity index (χ2v) is 6.20. The molecular weight excluding hydrogens is 288 g/mol. The number of hydrogen-bond acceptors (Lipinski definition) is 4. The zero-order chi connectivity index (χ0) is 15.6. The predicted molar refractivity (Wildman–Crippen MR) is 91.8 cm³/mol. The van der Waals surface area contributed by atoms with E-state index in [0.717, 1.165) is 49.2 Å². The zero-order valence-corrected chi connectivity index (χ0v) is 13.1. The molecule has 1 unspecified atom stereocenters. The van der Waals surface area contributed by atoms with E-state index in [-0.39, 0.29) is 11.9 Å². The van der Waals surface area contributed by atoms with Gasteiger partial charge in [-0.15, -0.1) is 0 Å². The molecule has 23 heavy (non-hydrogen) atoms. The van der Waals surface area contributed by atoms with Crippen molar-refractivity contribution in [3.8, 4) is 0 Å². The number of amides is 1. The molecule has 1 atom stereocenters. The number of carbonyl (C=O) groups excluding carboxylic acids is 1. The maximum Gasteiger partial charge on any atom is 0.249 e. The van der Waals surface area contributed by atoms with E-state index in [9.17, 15) is 4.79 Å². The third-order valence-electron chi connectivity index (χ3n) is 4.75. The fourth-order valence-electron chi connectivity index (χ4n) is 3.54. The molecule has 1 saturated heterocycles. The molecule has 5 heteroatoms. The molecule has 0 saturated carbocycles. The molecule has 3 heterocycles. The summed E-state index contributed by atoms with van der Waals surface area (Å²) in [7, 11) is 0. The van der Waals surface area contributed by atoms with E-state index in [1.165, 1.54) is 0 Å². The van der Waals surface area contributed by atoms with Gasteiger partial charge < -0.3 is 9.80 Å². The van der Waals surface area contributed by atoms with Crippen LogP contribution in [-0.4, -0.2) is 41.9 Å². The largest absolute Gasteiger partial charge is 0.360 e. The number of piperidine rings is 1. The third kappa shape index (κ3) is 2.67. The number of fused-ring (bicyclic) bond motifs is 1. The first-order valence-electron chi connectivity index (χ1n) is 8.27. The van der Waals surface area contributed by atoms with Gasteiger partial charge in [0.15, 0.2) is 0 Å². The molecule has 0 aliphatic carbocycles. The maximum atomic E-state index is 13.1. The standard InChI is InChI=1S/C18H20N4O/c23-18(21-11-9-16-14(13-21)12-19-20-16)17-8-4-5-10-22(17)15-6-2-1-3-7-15/h1-3,6-7,12-13,17H,4-5,8-11H2. The van der Waals surface area contributed by atoms with Crippen LogP contribution in [-0.2, 0) is 4.79 Å². The Morgan fingerprint density at radius 2 is 2.00 bits per heavy atom. The summed E-state index contributed by atoms with van der Waals surface area (Å²) in [5.41, 5.74) is 3.11. The third-order valence-corrected chi connectivity index (χ3v) is 4.75. The lowest BCUT2D eigenvalue weighted by Gasteiger charge is -2.39. The Morgan fingerprint density at radius 1 is 1.13 bits per heavy atom. The monoisotopic (exact) mass is 308 g/mol. The van der Waals surface area contributed by atoms with Crippen LogP contribution in [0.1, 0.15) is 25.7 Å². The van der Waals surface area contributed by atoms with E-state index in [4.69, 9.17) is 0 Å². The van der Waals surface area contributed by atoms with Crippen LogP contribution in [0.2, 0.25) is 0 Å². The van der Waals surface area contributed by atoms with Crippen molar-refractivity contribution < 1.29 is 4.79 Å². The van der Waals surface area contributed by atoms with E-state index in [2.05, 4.69) is 27.2 Å². The summed E-state index contributed by atoms with van der Waals surface area (Å²) in [6, 6.07) is 10.2. The predicted octanol–water partition coefficient (Wildman–Crippen LogP) is 2.60. The van der Waals surface area contributed by atoms with Crippen LogP contribution in [0.15, 0.2) is 52.3 Å². The Labute approximate surface area is 136 Å². The molecule has 1 amide bonds. The van der Waals surface area contributed by atoms with Crippen molar-refractivity contribution >= 4 is 23.5 Å². The van der Waals surface area contributed by atoms with Gasteiger partial charge in [0.05, 0.1) is 11.9 Å². The molecule has 118 valence electrons. The Morgan fingerprint density at radius 3 is 2.87 bits per heavy atom. The molecule has 1 aromatic rings. The van der Waals surface area contributed by atoms with E-state index in [1.807, 2.05) is 29.3 Å². The van der Waals surface area contributed by atoms with Crippen molar-refractivity contribution in [2.45, 2.75) is 31.7 Å². The van der Waals surface area contributed by atoms with Crippen LogP contribution in [0.4, 0.5) is 5.69 Å². The highest BCUT2D eigenvalue weighted by Gasteiger charge is 2.33. The summed E-state index contributed by atoms with van der Waals surface area (Å²) in [6.07, 6.45) is 7.61. The normalized spacial score (nSPS) is 23.4. The van der Waals surface area contributed by atoms with Crippen molar-refractivity contribution in [3.63, 3.8) is 0 Å². The molecule has 5 nitrogen and oxygen atoms in total. The lowest BCUT2D eigenvalue weighted by molar-refractivity contribution is -0.130. The number of nitrogens with zero attached hydrogens (tertiary/aromatic N) is 4. The Hall–Kier alpha value is -2.43.